The van der Waals surface area contributed by atoms with E-state index in [2.05, 4.69) is 10.6 Å². The van der Waals surface area contributed by atoms with Crippen LogP contribution in [0.25, 0.3) is 11.1 Å². The second-order valence-corrected chi connectivity index (χ2v) is 14.4. The van der Waals surface area contributed by atoms with E-state index in [0.717, 1.165) is 22.5 Å². The first-order valence-electron chi connectivity index (χ1n) is 15.0. The van der Waals surface area contributed by atoms with Crippen LogP contribution in [0.3, 0.4) is 0 Å². The number of sulfonamides is 1. The Bertz CT molecular complexity index is 1930. The highest BCUT2D eigenvalue weighted by molar-refractivity contribution is 7.93. The van der Waals surface area contributed by atoms with Gasteiger partial charge in [-0.1, -0.05) is 41.9 Å². The molecule has 0 bridgehead atoms. The lowest BCUT2D eigenvalue weighted by Crippen LogP contribution is -2.48. The van der Waals surface area contributed by atoms with Gasteiger partial charge in [-0.2, -0.15) is 13.2 Å². The first kappa shape index (κ1) is 34.8. The van der Waals surface area contributed by atoms with Crippen molar-refractivity contribution in [2.24, 2.45) is 0 Å². The molecule has 4 aromatic rings. The minimum absolute atomic E-state index is 0.0797. The number of hydrogen-bond donors (Lipinski definition) is 2. The molecule has 1 aliphatic heterocycles. The molecule has 1 aliphatic rings. The van der Waals surface area contributed by atoms with E-state index in [1.165, 1.54) is 24.3 Å². The molecule has 0 saturated carbocycles. The van der Waals surface area contributed by atoms with Crippen LogP contribution < -0.4 is 14.9 Å². The van der Waals surface area contributed by atoms with Crippen LogP contribution in [-0.2, 0) is 32.2 Å². The summed E-state index contributed by atoms with van der Waals surface area (Å²) in [5.41, 5.74) is 1.07. The van der Waals surface area contributed by atoms with Crippen molar-refractivity contribution in [3.05, 3.63) is 113 Å². The van der Waals surface area contributed by atoms with E-state index in [1.54, 1.807) is 69.3 Å². The fraction of sp³-hybridized carbons (Fsp3) is 0.257. The predicted molar refractivity (Wildman–Crippen MR) is 179 cm³/mol. The van der Waals surface area contributed by atoms with Gasteiger partial charge in [-0.05, 0) is 92.6 Å². The molecule has 0 aliphatic carbocycles. The third-order valence-electron chi connectivity index (χ3n) is 7.52. The zero-order valence-electron chi connectivity index (χ0n) is 26.3. The number of nitrogens with one attached hydrogen (secondary N) is 2. The number of benzene rings is 4. The second-order valence-electron chi connectivity index (χ2n) is 12.2. The number of para-hydroxylation sites is 1. The van der Waals surface area contributed by atoms with Crippen molar-refractivity contribution >= 4 is 44.9 Å². The Morgan fingerprint density at radius 2 is 1.58 bits per heavy atom. The molecule has 0 aromatic heterocycles. The average Bonchev–Trinajstić information content (AvgIpc) is 3.43. The number of halogens is 4. The van der Waals surface area contributed by atoms with Crippen LogP contribution in [0.1, 0.15) is 42.3 Å². The number of fused-ring (bicyclic) bond motifs is 1. The molecule has 8 nitrogen and oxygen atoms in total. The number of rotatable bonds is 9. The van der Waals surface area contributed by atoms with Crippen molar-refractivity contribution in [3.63, 3.8) is 0 Å². The van der Waals surface area contributed by atoms with Crippen molar-refractivity contribution < 1.29 is 35.9 Å². The zero-order chi connectivity index (χ0) is 34.9. The van der Waals surface area contributed by atoms with Crippen LogP contribution in [-0.4, -0.2) is 45.0 Å². The van der Waals surface area contributed by atoms with Crippen LogP contribution in [0.4, 0.5) is 24.5 Å². The minimum atomic E-state index is -4.58. The monoisotopic (exact) mass is 699 g/mol. The predicted octanol–water partition coefficient (Wildman–Crippen LogP) is 7.33. The minimum Gasteiger partial charge on any atom is -0.456 e. The number of hydrogen-bond acceptors (Lipinski definition) is 6. The van der Waals surface area contributed by atoms with Crippen molar-refractivity contribution in [2.45, 2.75) is 49.9 Å². The molecule has 252 valence electrons. The van der Waals surface area contributed by atoms with Gasteiger partial charge in [0.05, 0.1) is 21.7 Å². The van der Waals surface area contributed by atoms with Gasteiger partial charge in [0.1, 0.15) is 11.6 Å². The van der Waals surface area contributed by atoms with E-state index in [4.69, 9.17) is 16.3 Å². The summed E-state index contributed by atoms with van der Waals surface area (Å²) >= 11 is 6.19. The largest absolute Gasteiger partial charge is 0.456 e. The Morgan fingerprint density at radius 1 is 0.917 bits per heavy atom. The lowest BCUT2D eigenvalue weighted by Gasteiger charge is -2.26. The summed E-state index contributed by atoms with van der Waals surface area (Å²) in [6, 6.07) is 20.7. The van der Waals surface area contributed by atoms with Crippen LogP contribution in [0.15, 0.2) is 95.9 Å². The Labute approximate surface area is 281 Å². The lowest BCUT2D eigenvalue weighted by molar-refractivity contribution is -0.137. The van der Waals surface area contributed by atoms with Crippen molar-refractivity contribution in [3.8, 4) is 11.1 Å². The summed E-state index contributed by atoms with van der Waals surface area (Å²) < 4.78 is 74.4. The van der Waals surface area contributed by atoms with Gasteiger partial charge in [-0.15, -0.1) is 0 Å². The second kappa shape index (κ2) is 13.5. The Balaban J connectivity index is 1.28. The van der Waals surface area contributed by atoms with Crippen LogP contribution in [0, 0.1) is 0 Å². The Morgan fingerprint density at radius 3 is 2.23 bits per heavy atom. The van der Waals surface area contributed by atoms with E-state index in [9.17, 15) is 31.2 Å². The maximum Gasteiger partial charge on any atom is 0.416 e. The number of amides is 1. The summed E-state index contributed by atoms with van der Waals surface area (Å²) in [7, 11) is -4.28. The molecule has 13 heteroatoms. The highest BCUT2D eigenvalue weighted by atomic mass is 35.5. The molecule has 0 saturated heterocycles. The highest BCUT2D eigenvalue weighted by Gasteiger charge is 2.42. The van der Waals surface area contributed by atoms with Crippen LogP contribution in [0.2, 0.25) is 5.02 Å². The number of esters is 1. The molecule has 0 fully saturated rings. The quantitative estimate of drug-likeness (QED) is 0.140. The number of alkyl halides is 3. The van der Waals surface area contributed by atoms with E-state index in [-0.39, 0.29) is 28.4 Å². The van der Waals surface area contributed by atoms with Crippen molar-refractivity contribution in [2.75, 3.05) is 22.7 Å². The van der Waals surface area contributed by atoms with Gasteiger partial charge in [0.15, 0.2) is 0 Å². The maximum absolute atomic E-state index is 14.0. The number of ether oxygens (including phenoxy) is 1. The number of anilines is 2. The Hall–Kier alpha value is -4.55. The fourth-order valence-corrected chi connectivity index (χ4v) is 7.14. The van der Waals surface area contributed by atoms with E-state index >= 15 is 0 Å². The summed E-state index contributed by atoms with van der Waals surface area (Å²) in [6.45, 7) is 5.86. The first-order valence-corrected chi connectivity index (χ1v) is 16.8. The molecule has 0 spiro atoms. The van der Waals surface area contributed by atoms with Gasteiger partial charge in [0.25, 0.3) is 10.0 Å². The normalized spacial score (nSPS) is 14.7. The van der Waals surface area contributed by atoms with Gasteiger partial charge in [0, 0.05) is 35.8 Å². The number of carbonyl (C=O) groups is 2. The SMILES string of the molecule is CC(C)(C)OC(=O)c1ccc(NCCNC(=O)[C@@H]2Cc3ccccc3N2S(=O)(=O)c2ccc(-c3cc(C(F)(F)F)ccc3Cl)cc2)cc1. The molecule has 1 amide bonds. The lowest BCUT2D eigenvalue weighted by atomic mass is 10.0. The smallest absolute Gasteiger partial charge is 0.416 e. The fourth-order valence-electron chi connectivity index (χ4n) is 5.27. The molecular weight excluding hydrogens is 667 g/mol. The highest BCUT2D eigenvalue weighted by Crippen LogP contribution is 2.39. The standard InChI is InChI=1S/C35H33ClF3N3O5S/c1-34(2,3)47-33(44)23-8-13-26(14-9-23)40-18-19-41-32(43)31-20-24-6-4-5-7-30(24)42(31)48(45,46)27-15-10-22(11-16-27)28-21-25(35(37,38)39)12-17-29(28)36/h4-17,21,31,40H,18-20H2,1-3H3,(H,41,43)/t31-/m0/s1. The number of nitrogens with zero attached hydrogens (tertiary/aromatic N) is 1. The molecule has 1 heterocycles. The van der Waals surface area contributed by atoms with Gasteiger partial charge in [-0.25, -0.2) is 13.2 Å². The summed E-state index contributed by atoms with van der Waals surface area (Å²) in [6.07, 6.45) is -4.43. The molecule has 0 radical (unpaired) electrons. The molecular formula is C35H33ClF3N3O5S. The average molecular weight is 700 g/mol. The van der Waals surface area contributed by atoms with Crippen molar-refractivity contribution in [1.82, 2.24) is 5.32 Å². The maximum atomic E-state index is 14.0. The van der Waals surface area contributed by atoms with Gasteiger partial charge in [0.2, 0.25) is 5.91 Å². The molecule has 5 rings (SSSR count). The Kier molecular flexibility index (Phi) is 9.79. The first-order chi connectivity index (χ1) is 22.5. The van der Waals surface area contributed by atoms with E-state index in [0.29, 0.717) is 34.6 Å². The van der Waals surface area contributed by atoms with Gasteiger partial charge in [-0.3, -0.25) is 9.10 Å². The zero-order valence-corrected chi connectivity index (χ0v) is 27.8. The van der Waals surface area contributed by atoms with Crippen LogP contribution in [0.5, 0.6) is 0 Å². The molecule has 4 aromatic carbocycles. The molecule has 0 unspecified atom stereocenters. The van der Waals surface area contributed by atoms with E-state index in [1.807, 2.05) is 0 Å². The van der Waals surface area contributed by atoms with Gasteiger partial charge >= 0.3 is 12.1 Å². The van der Waals surface area contributed by atoms with Crippen LogP contribution >= 0.6 is 11.6 Å². The third kappa shape index (κ3) is 7.77. The van der Waals surface area contributed by atoms with Crippen molar-refractivity contribution in [1.29, 1.82) is 0 Å². The third-order valence-corrected chi connectivity index (χ3v) is 9.68. The number of carbonyl (C=O) groups excluding carboxylic acids is 2. The summed E-state index contributed by atoms with van der Waals surface area (Å²) in [5.74, 6) is -0.932. The summed E-state index contributed by atoms with van der Waals surface area (Å²) in [4.78, 5) is 25.5. The van der Waals surface area contributed by atoms with Gasteiger partial charge < -0.3 is 15.4 Å². The molecule has 2 N–H and O–H groups in total. The van der Waals surface area contributed by atoms with E-state index < -0.39 is 45.3 Å². The summed E-state index contributed by atoms with van der Waals surface area (Å²) in [5, 5.41) is 6.04. The molecule has 1 atom stereocenters. The topological polar surface area (TPSA) is 105 Å². The molecule has 48 heavy (non-hydrogen) atoms.